The van der Waals surface area contributed by atoms with Crippen molar-refractivity contribution in [2.24, 2.45) is 0 Å². The van der Waals surface area contributed by atoms with Crippen molar-refractivity contribution in [3.63, 3.8) is 0 Å². The number of rotatable bonds is 4. The first kappa shape index (κ1) is 22.0. The lowest BCUT2D eigenvalue weighted by atomic mass is 9.87. The summed E-state index contributed by atoms with van der Waals surface area (Å²) in [7, 11) is -3.61. The zero-order chi connectivity index (χ0) is 23.4. The predicted molar refractivity (Wildman–Crippen MR) is 125 cm³/mol. The Morgan fingerprint density at radius 3 is 2.55 bits per heavy atom. The molecule has 3 aromatic rings. The third-order valence-corrected chi connectivity index (χ3v) is 8.16. The van der Waals surface area contributed by atoms with Gasteiger partial charge in [0.05, 0.1) is 16.3 Å². The predicted octanol–water partition coefficient (Wildman–Crippen LogP) is 4.83. The van der Waals surface area contributed by atoms with Crippen LogP contribution in [0, 0.1) is 5.82 Å². The number of hydrogen-bond acceptors (Lipinski definition) is 5. The molecule has 1 saturated carbocycles. The summed E-state index contributed by atoms with van der Waals surface area (Å²) in [6.07, 6.45) is 5.05. The van der Waals surface area contributed by atoms with E-state index in [4.69, 9.17) is 4.98 Å². The number of fused-ring (bicyclic) bond motifs is 1. The minimum Gasteiger partial charge on any atom is -0.338 e. The van der Waals surface area contributed by atoms with Crippen LogP contribution in [0.15, 0.2) is 41.4 Å². The molecule has 0 amide bonds. The number of hydrogen-bond donors (Lipinski definition) is 3. The minimum atomic E-state index is -3.61. The molecule has 9 heteroatoms. The highest BCUT2D eigenvalue weighted by Gasteiger charge is 2.30. The molecule has 1 aromatic carbocycles. The van der Waals surface area contributed by atoms with Gasteiger partial charge in [0.2, 0.25) is 10.0 Å². The number of halogens is 1. The zero-order valence-corrected chi connectivity index (χ0v) is 19.8. The number of benzene rings is 1. The molecular formula is C24H28FN5O2S. The van der Waals surface area contributed by atoms with Crippen molar-refractivity contribution in [3.05, 3.63) is 64.9 Å². The van der Waals surface area contributed by atoms with E-state index in [2.05, 4.69) is 53.1 Å². The van der Waals surface area contributed by atoms with Gasteiger partial charge in [0.1, 0.15) is 11.6 Å². The van der Waals surface area contributed by atoms with Crippen LogP contribution in [-0.4, -0.2) is 23.6 Å². The van der Waals surface area contributed by atoms with Crippen LogP contribution >= 0.6 is 0 Å². The molecule has 33 heavy (non-hydrogen) atoms. The van der Waals surface area contributed by atoms with Crippen molar-refractivity contribution in [3.8, 4) is 0 Å². The number of sulfonamides is 1. The maximum Gasteiger partial charge on any atom is 0.241 e. The minimum absolute atomic E-state index is 0.00279. The van der Waals surface area contributed by atoms with Crippen molar-refractivity contribution in [1.29, 1.82) is 0 Å². The Hall–Kier alpha value is -2.78. The number of nitrogens with one attached hydrogen (secondary N) is 3. The van der Waals surface area contributed by atoms with Crippen LogP contribution in [0.25, 0.3) is 0 Å². The first-order chi connectivity index (χ1) is 15.6. The van der Waals surface area contributed by atoms with E-state index in [1.807, 2.05) is 12.3 Å². The lowest BCUT2D eigenvalue weighted by Crippen LogP contribution is -2.13. The summed E-state index contributed by atoms with van der Waals surface area (Å²) in [6.45, 7) is 6.72. The number of nitrogens with zero attached hydrogens (tertiary/aromatic N) is 2. The van der Waals surface area contributed by atoms with Crippen LogP contribution in [0.4, 0.5) is 15.9 Å². The van der Waals surface area contributed by atoms with E-state index in [0.717, 1.165) is 36.7 Å². The fraction of sp³-hybridized carbons (Fsp3) is 0.417. The highest BCUT2D eigenvalue weighted by atomic mass is 32.2. The standard InChI is InChI=1S/C24H28FN5O2S/c1-24(2,3)17-6-7-19(26-13-17)14-4-5-15(8-14)20-11-23(30-29-20)28-21-9-16-12-27-33(31,32)22(16)10-18(21)25/h6-7,9-11,13-15,27H,4-5,8,12H2,1-3H3,(H2,28,29,30). The molecule has 2 aromatic heterocycles. The molecule has 2 atom stereocenters. The molecule has 2 aliphatic rings. The summed E-state index contributed by atoms with van der Waals surface area (Å²) in [5, 5.41) is 10.4. The van der Waals surface area contributed by atoms with Gasteiger partial charge in [0.15, 0.2) is 0 Å². The second-order valence-electron chi connectivity index (χ2n) is 10.0. The summed E-state index contributed by atoms with van der Waals surface area (Å²) in [5.41, 5.74) is 4.15. The third kappa shape index (κ3) is 4.27. The summed E-state index contributed by atoms with van der Waals surface area (Å²) in [5.74, 6) is 0.669. The molecule has 1 aliphatic heterocycles. The van der Waals surface area contributed by atoms with Gasteiger partial charge < -0.3 is 5.32 Å². The first-order valence-electron chi connectivity index (χ1n) is 11.2. The molecule has 2 unspecified atom stereocenters. The van der Waals surface area contributed by atoms with Crippen molar-refractivity contribution in [1.82, 2.24) is 19.9 Å². The van der Waals surface area contributed by atoms with Crippen LogP contribution in [0.2, 0.25) is 0 Å². The number of anilines is 2. The SMILES string of the molecule is CC(C)(C)c1ccc(C2CCC(c3cc(Nc4cc5c(cc4F)S(=O)(=O)NC5)[nH]n3)C2)nc1. The fourth-order valence-electron chi connectivity index (χ4n) is 4.70. The maximum absolute atomic E-state index is 14.5. The number of aromatic nitrogens is 3. The van der Waals surface area contributed by atoms with Crippen LogP contribution in [0.1, 0.15) is 74.4 Å². The van der Waals surface area contributed by atoms with Crippen molar-refractivity contribution in [2.45, 2.75) is 68.7 Å². The summed E-state index contributed by atoms with van der Waals surface area (Å²) in [6, 6.07) is 8.82. The van der Waals surface area contributed by atoms with Gasteiger partial charge >= 0.3 is 0 Å². The van der Waals surface area contributed by atoms with Crippen LogP contribution < -0.4 is 10.0 Å². The van der Waals surface area contributed by atoms with Gasteiger partial charge in [-0.15, -0.1) is 0 Å². The first-order valence-corrected chi connectivity index (χ1v) is 12.7. The van der Waals surface area contributed by atoms with E-state index in [1.165, 1.54) is 11.6 Å². The lowest BCUT2D eigenvalue weighted by Gasteiger charge is -2.19. The van der Waals surface area contributed by atoms with Crippen molar-refractivity contribution in [2.75, 3.05) is 5.32 Å². The van der Waals surface area contributed by atoms with E-state index in [-0.39, 0.29) is 22.5 Å². The molecule has 1 fully saturated rings. The van der Waals surface area contributed by atoms with Crippen molar-refractivity contribution < 1.29 is 12.8 Å². The highest BCUT2D eigenvalue weighted by Crippen LogP contribution is 2.43. The Morgan fingerprint density at radius 1 is 1.09 bits per heavy atom. The topological polar surface area (TPSA) is 99.8 Å². The van der Waals surface area contributed by atoms with Gasteiger partial charge in [0, 0.05) is 36.3 Å². The Kier molecular flexibility index (Phi) is 5.29. The van der Waals surface area contributed by atoms with Gasteiger partial charge in [-0.3, -0.25) is 10.1 Å². The average Bonchev–Trinajstić information content (AvgIpc) is 3.48. The van der Waals surface area contributed by atoms with Gasteiger partial charge in [0.25, 0.3) is 0 Å². The molecule has 3 heterocycles. The quantitative estimate of drug-likeness (QED) is 0.508. The molecule has 0 spiro atoms. The molecular weight excluding hydrogens is 441 g/mol. The largest absolute Gasteiger partial charge is 0.338 e. The van der Waals surface area contributed by atoms with E-state index >= 15 is 0 Å². The van der Waals surface area contributed by atoms with E-state index in [0.29, 0.717) is 23.2 Å². The average molecular weight is 470 g/mol. The molecule has 174 valence electrons. The van der Waals surface area contributed by atoms with Crippen LogP contribution in [0.5, 0.6) is 0 Å². The summed E-state index contributed by atoms with van der Waals surface area (Å²) >= 11 is 0. The van der Waals surface area contributed by atoms with Crippen LogP contribution in [-0.2, 0) is 22.0 Å². The Labute approximate surface area is 193 Å². The van der Waals surface area contributed by atoms with Gasteiger partial charge in [-0.05, 0) is 54.0 Å². The Morgan fingerprint density at radius 2 is 1.85 bits per heavy atom. The van der Waals surface area contributed by atoms with E-state index in [9.17, 15) is 12.8 Å². The third-order valence-electron chi connectivity index (χ3n) is 6.68. The monoisotopic (exact) mass is 469 g/mol. The molecule has 3 N–H and O–H groups in total. The van der Waals surface area contributed by atoms with Crippen LogP contribution in [0.3, 0.4) is 0 Å². The molecule has 5 rings (SSSR count). The maximum atomic E-state index is 14.5. The second-order valence-corrected chi connectivity index (χ2v) is 11.8. The van der Waals surface area contributed by atoms with Gasteiger partial charge in [-0.25, -0.2) is 17.5 Å². The van der Waals surface area contributed by atoms with Crippen molar-refractivity contribution >= 4 is 21.5 Å². The Bertz CT molecular complexity index is 1300. The lowest BCUT2D eigenvalue weighted by molar-refractivity contribution is 0.583. The number of aromatic amines is 1. The normalized spacial score (nSPS) is 21.8. The Balaban J connectivity index is 1.27. The van der Waals surface area contributed by atoms with E-state index < -0.39 is 15.8 Å². The summed E-state index contributed by atoms with van der Waals surface area (Å²) < 4.78 is 40.7. The number of H-pyrrole nitrogens is 1. The smallest absolute Gasteiger partial charge is 0.241 e. The number of pyridine rings is 1. The van der Waals surface area contributed by atoms with Gasteiger partial charge in [-0.2, -0.15) is 5.10 Å². The molecule has 7 nitrogen and oxygen atoms in total. The summed E-state index contributed by atoms with van der Waals surface area (Å²) in [4.78, 5) is 4.73. The fourth-order valence-corrected chi connectivity index (χ4v) is 5.94. The molecule has 0 radical (unpaired) electrons. The highest BCUT2D eigenvalue weighted by molar-refractivity contribution is 7.89. The molecule has 0 bridgehead atoms. The zero-order valence-electron chi connectivity index (χ0n) is 18.9. The van der Waals surface area contributed by atoms with E-state index in [1.54, 1.807) is 0 Å². The molecule has 1 aliphatic carbocycles. The second kappa shape index (κ2) is 7.92. The van der Waals surface area contributed by atoms with Gasteiger partial charge in [-0.1, -0.05) is 26.8 Å². The molecule has 0 saturated heterocycles.